The lowest BCUT2D eigenvalue weighted by Crippen LogP contribution is -2.36. The molecule has 0 amide bonds. The minimum atomic E-state index is -0.456. The van der Waals surface area contributed by atoms with Crippen molar-refractivity contribution in [2.45, 2.75) is 38.5 Å². The molecule has 0 radical (unpaired) electrons. The molecule has 2 atom stereocenters. The number of allylic oxidation sites excluding steroid dienone is 3. The molecule has 2 aliphatic rings. The monoisotopic (exact) mass is 524 g/mol. The van der Waals surface area contributed by atoms with Gasteiger partial charge in [-0.3, -0.25) is 4.79 Å². The molecule has 1 aliphatic heterocycles. The van der Waals surface area contributed by atoms with Gasteiger partial charge in [-0.2, -0.15) is 11.8 Å². The number of carbonyl (C=O) groups is 2. The zero-order valence-electron chi connectivity index (χ0n) is 21.3. The van der Waals surface area contributed by atoms with E-state index < -0.39 is 5.92 Å². The molecule has 0 aromatic heterocycles. The van der Waals surface area contributed by atoms with E-state index in [0.717, 1.165) is 39.7 Å². The molecule has 5 nitrogen and oxygen atoms in total. The minimum absolute atomic E-state index is 0.0599. The first-order chi connectivity index (χ1) is 17.3. The number of esters is 1. The van der Waals surface area contributed by atoms with Gasteiger partial charge in [0.05, 0.1) is 5.57 Å². The van der Waals surface area contributed by atoms with Crippen molar-refractivity contribution in [1.82, 2.24) is 5.32 Å². The van der Waals surface area contributed by atoms with Crippen LogP contribution in [0.1, 0.15) is 49.7 Å². The van der Waals surface area contributed by atoms with Crippen LogP contribution in [0.5, 0.6) is 0 Å². The zero-order chi connectivity index (χ0) is 25.8. The second-order valence-corrected chi connectivity index (χ2v) is 11.2. The number of anilines is 1. The van der Waals surface area contributed by atoms with Crippen LogP contribution in [0.25, 0.3) is 0 Å². The third-order valence-electron chi connectivity index (χ3n) is 6.80. The predicted octanol–water partition coefficient (Wildman–Crippen LogP) is 6.06. The van der Waals surface area contributed by atoms with E-state index in [1.165, 1.54) is 0 Å². The molecular formula is C29H33ClN2O3S. The van der Waals surface area contributed by atoms with Gasteiger partial charge in [-0.15, -0.1) is 0 Å². The standard InChI is InChI=1S/C29H33ClN2O3S/c1-5-36-15-14-35-29(34)26-18(2)31-24-16-21(19-6-10-22(30)11-7-19)17-25(33)28(24)27(26)20-8-12-23(13-9-20)32(3)4/h6-13,21,27,31H,5,14-17H2,1-4H3/t21-,27-/m1/s1. The lowest BCUT2D eigenvalue weighted by Gasteiger charge is -2.36. The maximum Gasteiger partial charge on any atom is 0.336 e. The van der Waals surface area contributed by atoms with Crippen LogP contribution in [0.4, 0.5) is 5.69 Å². The molecule has 0 bridgehead atoms. The van der Waals surface area contributed by atoms with Crippen LogP contribution >= 0.6 is 23.4 Å². The van der Waals surface area contributed by atoms with Gasteiger partial charge in [-0.25, -0.2) is 4.79 Å². The fourth-order valence-electron chi connectivity index (χ4n) is 4.99. The molecule has 1 aliphatic carbocycles. The number of ether oxygens (including phenoxy) is 1. The summed E-state index contributed by atoms with van der Waals surface area (Å²) in [4.78, 5) is 29.1. The van der Waals surface area contributed by atoms with Crippen molar-refractivity contribution in [1.29, 1.82) is 0 Å². The lowest BCUT2D eigenvalue weighted by molar-refractivity contribution is -0.138. The molecule has 0 fully saturated rings. The number of Topliss-reactive ketones (excluding diaryl/α,β-unsaturated/α-hetero) is 1. The third kappa shape index (κ3) is 5.65. The summed E-state index contributed by atoms with van der Waals surface area (Å²) in [6.45, 7) is 4.33. The predicted molar refractivity (Wildman–Crippen MR) is 149 cm³/mol. The number of hydrogen-bond donors (Lipinski definition) is 1. The summed E-state index contributed by atoms with van der Waals surface area (Å²) in [5.74, 6) is 1.02. The molecule has 0 spiro atoms. The summed E-state index contributed by atoms with van der Waals surface area (Å²) in [6, 6.07) is 15.8. The quantitative estimate of drug-likeness (QED) is 0.334. The largest absolute Gasteiger partial charge is 0.461 e. The van der Waals surface area contributed by atoms with Crippen molar-refractivity contribution in [3.63, 3.8) is 0 Å². The Morgan fingerprint density at radius 3 is 2.39 bits per heavy atom. The Balaban J connectivity index is 1.71. The number of carbonyl (C=O) groups excluding carboxylic acids is 2. The summed E-state index contributed by atoms with van der Waals surface area (Å²) >= 11 is 7.81. The molecule has 1 N–H and O–H groups in total. The molecule has 7 heteroatoms. The van der Waals surface area contributed by atoms with Crippen molar-refractivity contribution in [2.24, 2.45) is 0 Å². The number of benzene rings is 2. The summed E-state index contributed by atoms with van der Waals surface area (Å²) in [5.41, 5.74) is 5.90. The average molecular weight is 525 g/mol. The second-order valence-electron chi connectivity index (χ2n) is 9.39. The number of halogens is 1. The van der Waals surface area contributed by atoms with E-state index >= 15 is 0 Å². The number of rotatable bonds is 8. The summed E-state index contributed by atoms with van der Waals surface area (Å²) < 4.78 is 5.67. The minimum Gasteiger partial charge on any atom is -0.461 e. The molecule has 0 unspecified atom stereocenters. The Bertz CT molecular complexity index is 1190. The van der Waals surface area contributed by atoms with Crippen molar-refractivity contribution in [3.05, 3.63) is 87.2 Å². The molecule has 2 aromatic rings. The van der Waals surface area contributed by atoms with Crippen molar-refractivity contribution < 1.29 is 14.3 Å². The van der Waals surface area contributed by atoms with E-state index in [2.05, 4.69) is 12.2 Å². The number of hydrogen-bond acceptors (Lipinski definition) is 6. The molecular weight excluding hydrogens is 492 g/mol. The van der Waals surface area contributed by atoms with E-state index in [9.17, 15) is 9.59 Å². The summed E-state index contributed by atoms with van der Waals surface area (Å²) in [5, 5.41) is 4.10. The fraction of sp³-hybridized carbons (Fsp3) is 0.379. The Morgan fingerprint density at radius 2 is 1.75 bits per heavy atom. The topological polar surface area (TPSA) is 58.6 Å². The number of dihydropyridines is 1. The lowest BCUT2D eigenvalue weighted by atomic mass is 9.71. The van der Waals surface area contributed by atoms with Crippen LogP contribution < -0.4 is 10.2 Å². The van der Waals surface area contributed by atoms with Gasteiger partial charge in [0, 0.05) is 59.9 Å². The smallest absolute Gasteiger partial charge is 0.336 e. The number of nitrogens with one attached hydrogen (secondary N) is 1. The van der Waals surface area contributed by atoms with Gasteiger partial charge in [0.15, 0.2) is 5.78 Å². The Morgan fingerprint density at radius 1 is 1.08 bits per heavy atom. The first kappa shape index (κ1) is 26.4. The van der Waals surface area contributed by atoms with Crippen LogP contribution in [-0.4, -0.2) is 44.0 Å². The molecule has 1 heterocycles. The van der Waals surface area contributed by atoms with Crippen LogP contribution in [0.3, 0.4) is 0 Å². The van der Waals surface area contributed by atoms with Gasteiger partial charge in [0.1, 0.15) is 6.61 Å². The van der Waals surface area contributed by atoms with Crippen molar-refractivity contribution >= 4 is 40.8 Å². The first-order valence-electron chi connectivity index (χ1n) is 12.3. The SMILES string of the molecule is CCSCCOC(=O)C1=C(C)NC2=C(C(=O)C[C@H](c3ccc(Cl)cc3)C2)[C@@H]1c1ccc(N(C)C)cc1. The molecule has 0 saturated heterocycles. The van der Waals surface area contributed by atoms with Crippen molar-refractivity contribution in [2.75, 3.05) is 37.1 Å². The van der Waals surface area contributed by atoms with Crippen molar-refractivity contribution in [3.8, 4) is 0 Å². The van der Waals surface area contributed by atoms with Gasteiger partial charge in [0.2, 0.25) is 0 Å². The Kier molecular flexibility index (Phi) is 8.47. The van der Waals surface area contributed by atoms with Crippen LogP contribution in [-0.2, 0) is 14.3 Å². The average Bonchev–Trinajstić information content (AvgIpc) is 2.86. The Hall–Kier alpha value is -2.70. The van der Waals surface area contributed by atoms with Crippen LogP contribution in [0.15, 0.2) is 71.1 Å². The van der Waals surface area contributed by atoms with Crippen LogP contribution in [0, 0.1) is 0 Å². The summed E-state index contributed by atoms with van der Waals surface area (Å²) in [7, 11) is 3.98. The maximum absolute atomic E-state index is 13.7. The number of ketones is 1. The molecule has 4 rings (SSSR count). The van der Waals surface area contributed by atoms with Gasteiger partial charge in [0.25, 0.3) is 0 Å². The highest BCUT2D eigenvalue weighted by Gasteiger charge is 2.41. The van der Waals surface area contributed by atoms with Gasteiger partial charge < -0.3 is 15.0 Å². The molecule has 36 heavy (non-hydrogen) atoms. The highest BCUT2D eigenvalue weighted by molar-refractivity contribution is 7.99. The van der Waals surface area contributed by atoms with E-state index in [1.54, 1.807) is 11.8 Å². The van der Waals surface area contributed by atoms with E-state index in [0.29, 0.717) is 35.6 Å². The van der Waals surface area contributed by atoms with E-state index in [4.69, 9.17) is 16.3 Å². The number of nitrogens with zero attached hydrogens (tertiary/aromatic N) is 1. The first-order valence-corrected chi connectivity index (χ1v) is 13.8. The van der Waals surface area contributed by atoms with Gasteiger partial charge in [-0.1, -0.05) is 42.8 Å². The normalized spacial score (nSPS) is 19.6. The molecule has 190 valence electrons. The number of thioether (sulfide) groups is 1. The Labute approximate surface area is 222 Å². The van der Waals surface area contributed by atoms with Gasteiger partial charge >= 0.3 is 5.97 Å². The third-order valence-corrected chi connectivity index (χ3v) is 7.91. The summed E-state index contributed by atoms with van der Waals surface area (Å²) in [6.07, 6.45) is 1.09. The van der Waals surface area contributed by atoms with E-state index in [1.807, 2.05) is 74.4 Å². The highest BCUT2D eigenvalue weighted by Crippen LogP contribution is 2.46. The van der Waals surface area contributed by atoms with Gasteiger partial charge in [-0.05, 0) is 60.4 Å². The second kappa shape index (κ2) is 11.6. The van der Waals surface area contributed by atoms with Crippen LogP contribution in [0.2, 0.25) is 5.02 Å². The fourth-order valence-corrected chi connectivity index (χ4v) is 5.61. The van der Waals surface area contributed by atoms with E-state index in [-0.39, 0.29) is 17.7 Å². The zero-order valence-corrected chi connectivity index (χ0v) is 22.8. The molecule has 2 aromatic carbocycles. The highest BCUT2D eigenvalue weighted by atomic mass is 35.5. The maximum atomic E-state index is 13.7. The molecule has 0 saturated carbocycles.